The Morgan fingerprint density at radius 2 is 2.05 bits per heavy atom. The van der Waals surface area contributed by atoms with Crippen LogP contribution in [0.25, 0.3) is 11.4 Å². The largest absolute Gasteiger partial charge is 0.494 e. The van der Waals surface area contributed by atoms with Gasteiger partial charge in [0.15, 0.2) is 17.4 Å². The van der Waals surface area contributed by atoms with Crippen LogP contribution in [0.2, 0.25) is 0 Å². The first-order chi connectivity index (χ1) is 9.10. The van der Waals surface area contributed by atoms with E-state index in [2.05, 4.69) is 9.97 Å². The Kier molecular flexibility index (Phi) is 3.70. The maximum absolute atomic E-state index is 13.5. The lowest BCUT2D eigenvalue weighted by molar-refractivity contribution is -0.136. The summed E-state index contributed by atoms with van der Waals surface area (Å²) in [5.41, 5.74) is 0.991. The van der Waals surface area contributed by atoms with E-state index in [4.69, 9.17) is 9.84 Å². The molecule has 0 spiro atoms. The van der Waals surface area contributed by atoms with Gasteiger partial charge >= 0.3 is 5.97 Å². The fourth-order valence-corrected chi connectivity index (χ4v) is 1.58. The van der Waals surface area contributed by atoms with Crippen molar-refractivity contribution in [3.63, 3.8) is 0 Å². The number of ether oxygens (including phenoxy) is 1. The first-order valence-electron chi connectivity index (χ1n) is 5.47. The Labute approximate surface area is 108 Å². The number of aromatic nitrogens is 2. The second kappa shape index (κ2) is 5.43. The van der Waals surface area contributed by atoms with Gasteiger partial charge in [0.05, 0.1) is 13.5 Å². The highest BCUT2D eigenvalue weighted by Crippen LogP contribution is 2.22. The minimum absolute atomic E-state index is 0.142. The van der Waals surface area contributed by atoms with Crippen molar-refractivity contribution in [2.45, 2.75) is 6.42 Å². The molecule has 1 aromatic heterocycles. The van der Waals surface area contributed by atoms with Crippen molar-refractivity contribution < 1.29 is 19.0 Å². The maximum Gasteiger partial charge on any atom is 0.307 e. The maximum atomic E-state index is 13.5. The summed E-state index contributed by atoms with van der Waals surface area (Å²) in [6, 6.07) is 4.39. The molecular formula is C13H11FN2O3. The summed E-state index contributed by atoms with van der Waals surface area (Å²) >= 11 is 0. The predicted molar refractivity (Wildman–Crippen MR) is 65.3 cm³/mol. The summed E-state index contributed by atoms with van der Waals surface area (Å²) in [4.78, 5) is 18.6. The highest BCUT2D eigenvalue weighted by molar-refractivity contribution is 5.70. The normalized spacial score (nSPS) is 10.2. The monoisotopic (exact) mass is 262 g/mol. The minimum Gasteiger partial charge on any atom is -0.494 e. The number of carboxylic acids is 1. The standard InChI is InChI=1S/C13H11FN2O3/c1-19-11-3-2-9(5-10(11)14)13-15-6-8(7-16-13)4-12(17)18/h2-3,5-7H,4H2,1H3,(H,17,18). The third kappa shape index (κ3) is 3.04. The molecule has 1 aromatic carbocycles. The van der Waals surface area contributed by atoms with Crippen molar-refractivity contribution in [2.24, 2.45) is 0 Å². The molecule has 2 rings (SSSR count). The Balaban J connectivity index is 2.27. The van der Waals surface area contributed by atoms with Crippen molar-refractivity contribution in [3.8, 4) is 17.1 Å². The molecular weight excluding hydrogens is 251 g/mol. The minimum atomic E-state index is -0.952. The first-order valence-corrected chi connectivity index (χ1v) is 5.47. The van der Waals surface area contributed by atoms with Gasteiger partial charge in [-0.3, -0.25) is 4.79 Å². The molecule has 1 heterocycles. The van der Waals surface area contributed by atoms with Gasteiger partial charge in [-0.05, 0) is 23.8 Å². The Hall–Kier alpha value is -2.50. The summed E-state index contributed by atoms with van der Waals surface area (Å²) in [6.45, 7) is 0. The van der Waals surface area contributed by atoms with Crippen LogP contribution < -0.4 is 4.74 Å². The zero-order valence-electron chi connectivity index (χ0n) is 10.1. The summed E-state index contributed by atoms with van der Waals surface area (Å²) in [5.74, 6) is -0.980. The fourth-order valence-electron chi connectivity index (χ4n) is 1.58. The highest BCUT2D eigenvalue weighted by atomic mass is 19.1. The molecule has 0 aliphatic heterocycles. The third-order valence-corrected chi connectivity index (χ3v) is 2.47. The average molecular weight is 262 g/mol. The van der Waals surface area contributed by atoms with Gasteiger partial charge in [0.1, 0.15) is 0 Å². The number of hydrogen-bond acceptors (Lipinski definition) is 4. The molecule has 0 saturated carbocycles. The van der Waals surface area contributed by atoms with Crippen molar-refractivity contribution in [1.82, 2.24) is 9.97 Å². The number of aliphatic carboxylic acids is 1. The number of benzene rings is 1. The molecule has 0 atom stereocenters. The van der Waals surface area contributed by atoms with E-state index < -0.39 is 11.8 Å². The second-order valence-electron chi connectivity index (χ2n) is 3.83. The molecule has 0 bridgehead atoms. The molecule has 19 heavy (non-hydrogen) atoms. The van der Waals surface area contributed by atoms with E-state index in [0.29, 0.717) is 17.0 Å². The number of carboxylic acid groups (broad SMARTS) is 1. The van der Waals surface area contributed by atoms with E-state index in [-0.39, 0.29) is 12.2 Å². The molecule has 5 nitrogen and oxygen atoms in total. The first kappa shape index (κ1) is 12.9. The molecule has 0 aliphatic rings. The van der Waals surface area contributed by atoms with Gasteiger partial charge < -0.3 is 9.84 Å². The lowest BCUT2D eigenvalue weighted by Crippen LogP contribution is -2.01. The fraction of sp³-hybridized carbons (Fsp3) is 0.154. The molecule has 1 N–H and O–H groups in total. The molecule has 0 aliphatic carbocycles. The summed E-state index contributed by atoms with van der Waals surface area (Å²) in [6.07, 6.45) is 2.69. The van der Waals surface area contributed by atoms with E-state index in [0.717, 1.165) is 0 Å². The summed E-state index contributed by atoms with van der Waals surface area (Å²) in [5, 5.41) is 8.63. The zero-order chi connectivity index (χ0) is 13.8. The highest BCUT2D eigenvalue weighted by Gasteiger charge is 2.08. The van der Waals surface area contributed by atoms with Gasteiger partial charge in [-0.1, -0.05) is 0 Å². The van der Waals surface area contributed by atoms with Gasteiger partial charge in [-0.2, -0.15) is 0 Å². The molecule has 6 heteroatoms. The van der Waals surface area contributed by atoms with Crippen LogP contribution in [-0.2, 0) is 11.2 Å². The van der Waals surface area contributed by atoms with Gasteiger partial charge in [0.25, 0.3) is 0 Å². The quantitative estimate of drug-likeness (QED) is 0.911. The molecule has 98 valence electrons. The number of hydrogen-bond donors (Lipinski definition) is 1. The van der Waals surface area contributed by atoms with Crippen LogP contribution in [-0.4, -0.2) is 28.2 Å². The van der Waals surface area contributed by atoms with Crippen LogP contribution in [0.15, 0.2) is 30.6 Å². The van der Waals surface area contributed by atoms with E-state index in [1.54, 1.807) is 6.07 Å². The molecule has 0 radical (unpaired) electrons. The average Bonchev–Trinajstić information content (AvgIpc) is 2.39. The van der Waals surface area contributed by atoms with Gasteiger partial charge in [-0.25, -0.2) is 14.4 Å². The van der Waals surface area contributed by atoms with Crippen molar-refractivity contribution in [2.75, 3.05) is 7.11 Å². The van der Waals surface area contributed by atoms with Crippen LogP contribution in [0, 0.1) is 5.82 Å². The molecule has 0 saturated heterocycles. The van der Waals surface area contributed by atoms with Crippen LogP contribution in [0.3, 0.4) is 0 Å². The molecule has 2 aromatic rings. The number of halogens is 1. The van der Waals surface area contributed by atoms with Gasteiger partial charge in [0.2, 0.25) is 0 Å². The predicted octanol–water partition coefficient (Wildman–Crippen LogP) is 1.92. The SMILES string of the molecule is COc1ccc(-c2ncc(CC(=O)O)cn2)cc1F. The van der Waals surface area contributed by atoms with E-state index in [9.17, 15) is 9.18 Å². The van der Waals surface area contributed by atoms with Crippen molar-refractivity contribution >= 4 is 5.97 Å². The topological polar surface area (TPSA) is 72.3 Å². The van der Waals surface area contributed by atoms with Crippen LogP contribution >= 0.6 is 0 Å². The number of carbonyl (C=O) groups is 1. The van der Waals surface area contributed by atoms with Crippen LogP contribution in [0.4, 0.5) is 4.39 Å². The second-order valence-corrected chi connectivity index (χ2v) is 3.83. The Morgan fingerprint density at radius 3 is 2.58 bits per heavy atom. The van der Waals surface area contributed by atoms with E-state index >= 15 is 0 Å². The van der Waals surface area contributed by atoms with E-state index in [1.807, 2.05) is 0 Å². The lowest BCUT2D eigenvalue weighted by atomic mass is 10.2. The molecule has 0 fully saturated rings. The van der Waals surface area contributed by atoms with Crippen molar-refractivity contribution in [3.05, 3.63) is 42.0 Å². The summed E-state index contributed by atoms with van der Waals surface area (Å²) < 4.78 is 18.3. The zero-order valence-corrected chi connectivity index (χ0v) is 10.1. The summed E-state index contributed by atoms with van der Waals surface area (Å²) in [7, 11) is 1.38. The van der Waals surface area contributed by atoms with Gasteiger partial charge in [0, 0.05) is 18.0 Å². The smallest absolute Gasteiger partial charge is 0.307 e. The Morgan fingerprint density at radius 1 is 1.37 bits per heavy atom. The Bertz CT molecular complexity index is 599. The van der Waals surface area contributed by atoms with Crippen LogP contribution in [0.1, 0.15) is 5.56 Å². The van der Waals surface area contributed by atoms with E-state index in [1.165, 1.54) is 31.6 Å². The molecule has 0 amide bonds. The third-order valence-electron chi connectivity index (χ3n) is 2.47. The van der Waals surface area contributed by atoms with Gasteiger partial charge in [-0.15, -0.1) is 0 Å². The van der Waals surface area contributed by atoms with Crippen LogP contribution in [0.5, 0.6) is 5.75 Å². The molecule has 0 unspecified atom stereocenters. The van der Waals surface area contributed by atoms with Crippen molar-refractivity contribution in [1.29, 1.82) is 0 Å². The number of rotatable bonds is 4. The lowest BCUT2D eigenvalue weighted by Gasteiger charge is -2.04. The number of nitrogens with zero attached hydrogens (tertiary/aromatic N) is 2. The number of methoxy groups -OCH3 is 1.